The number of aromatic amines is 1. The van der Waals surface area contributed by atoms with Crippen molar-refractivity contribution < 1.29 is 4.39 Å². The van der Waals surface area contributed by atoms with E-state index in [1.54, 1.807) is 0 Å². The minimum absolute atomic E-state index is 0.232. The molecule has 1 N–H and O–H groups in total. The van der Waals surface area contributed by atoms with Crippen LogP contribution in [-0.4, -0.2) is 9.55 Å². The van der Waals surface area contributed by atoms with Crippen molar-refractivity contribution in [2.24, 2.45) is 10.8 Å². The van der Waals surface area contributed by atoms with E-state index in [2.05, 4.69) is 4.98 Å². The van der Waals surface area contributed by atoms with Crippen LogP contribution in [0, 0.1) is 16.6 Å². The second-order valence-electron chi connectivity index (χ2n) is 5.58. The van der Waals surface area contributed by atoms with Gasteiger partial charge in [0.25, 0.3) is 5.56 Å². The maximum absolute atomic E-state index is 13.4. The predicted octanol–water partition coefficient (Wildman–Crippen LogP) is 1.94. The molecule has 0 atom stereocenters. The highest BCUT2D eigenvalue weighted by molar-refractivity contribution is 6.29. The zero-order chi connectivity index (χ0) is 13.2. The fourth-order valence-corrected chi connectivity index (χ4v) is 2.70. The molecule has 17 heavy (non-hydrogen) atoms. The van der Waals surface area contributed by atoms with E-state index in [-0.39, 0.29) is 16.9 Å². The van der Waals surface area contributed by atoms with Gasteiger partial charge in [-0.15, -0.1) is 0 Å². The fourth-order valence-electron chi connectivity index (χ4n) is 2.54. The van der Waals surface area contributed by atoms with Gasteiger partial charge < -0.3 is 0 Å². The molecule has 1 aliphatic carbocycles. The summed E-state index contributed by atoms with van der Waals surface area (Å²) < 4.78 is 14.4. The van der Waals surface area contributed by atoms with E-state index < -0.39 is 22.2 Å². The first kappa shape index (κ1) is 12.4. The number of hydrogen-bond donors (Lipinski definition) is 1. The summed E-state index contributed by atoms with van der Waals surface area (Å²) in [5.41, 5.74) is -2.08. The molecule has 1 aliphatic rings. The summed E-state index contributed by atoms with van der Waals surface area (Å²) in [4.78, 5) is 25.6. The van der Waals surface area contributed by atoms with Crippen molar-refractivity contribution in [3.63, 3.8) is 0 Å². The second kappa shape index (κ2) is 3.22. The van der Waals surface area contributed by atoms with Gasteiger partial charge >= 0.3 is 5.69 Å². The first-order valence-corrected chi connectivity index (χ1v) is 5.70. The molecule has 0 aliphatic heterocycles. The van der Waals surface area contributed by atoms with E-state index >= 15 is 0 Å². The van der Waals surface area contributed by atoms with Crippen LogP contribution in [0.25, 0.3) is 0 Å². The zero-order valence-corrected chi connectivity index (χ0v) is 10.9. The highest BCUT2D eigenvalue weighted by atomic mass is 35.5. The molecule has 2 rings (SSSR count). The number of nitrogens with one attached hydrogen (secondary N) is 1. The highest BCUT2D eigenvalue weighted by Crippen LogP contribution is 2.70. The summed E-state index contributed by atoms with van der Waals surface area (Å²) in [6, 6.07) is -0.321. The van der Waals surface area contributed by atoms with Crippen LogP contribution in [0.15, 0.2) is 9.59 Å². The quantitative estimate of drug-likeness (QED) is 0.785. The van der Waals surface area contributed by atoms with Crippen LogP contribution < -0.4 is 11.2 Å². The third kappa shape index (κ3) is 1.41. The molecule has 0 aromatic carbocycles. The standard InChI is InChI=1S/C11H14ClFN2O2/c1-10(2)8(11(10,3)4)15-7(16)5(13)6(12)14-9(15)17/h8H,1-4H3,(H,14,17). The molecule has 0 saturated heterocycles. The van der Waals surface area contributed by atoms with Crippen molar-refractivity contribution in [2.75, 3.05) is 0 Å². The molecule has 1 saturated carbocycles. The van der Waals surface area contributed by atoms with Crippen LogP contribution in [0.1, 0.15) is 33.7 Å². The van der Waals surface area contributed by atoms with Gasteiger partial charge in [0, 0.05) is 0 Å². The van der Waals surface area contributed by atoms with E-state index in [1.165, 1.54) is 0 Å². The Labute approximate surface area is 102 Å². The van der Waals surface area contributed by atoms with Gasteiger partial charge in [0.05, 0.1) is 6.04 Å². The van der Waals surface area contributed by atoms with Gasteiger partial charge in [0.15, 0.2) is 5.15 Å². The topological polar surface area (TPSA) is 54.9 Å². The van der Waals surface area contributed by atoms with E-state index in [1.807, 2.05) is 27.7 Å². The van der Waals surface area contributed by atoms with Gasteiger partial charge in [-0.1, -0.05) is 39.3 Å². The van der Waals surface area contributed by atoms with Crippen molar-refractivity contribution in [3.8, 4) is 0 Å². The Balaban J connectivity index is 2.69. The fraction of sp³-hybridized carbons (Fsp3) is 0.636. The van der Waals surface area contributed by atoms with E-state index in [0.29, 0.717) is 0 Å². The summed E-state index contributed by atoms with van der Waals surface area (Å²) in [5, 5.41) is -0.535. The average Bonchev–Trinajstić information content (AvgIpc) is 2.58. The normalized spacial score (nSPS) is 21.5. The Morgan fingerprint density at radius 2 is 1.71 bits per heavy atom. The SMILES string of the molecule is CC1(C)C(n2c(=O)[nH]c(Cl)c(F)c2=O)C1(C)C. The number of hydrogen-bond acceptors (Lipinski definition) is 2. The maximum Gasteiger partial charge on any atom is 0.329 e. The lowest BCUT2D eigenvalue weighted by Gasteiger charge is -2.06. The van der Waals surface area contributed by atoms with Gasteiger partial charge in [-0.3, -0.25) is 14.3 Å². The van der Waals surface area contributed by atoms with Gasteiger partial charge in [-0.05, 0) is 10.8 Å². The molecule has 0 unspecified atom stereocenters. The predicted molar refractivity (Wildman–Crippen MR) is 62.9 cm³/mol. The van der Waals surface area contributed by atoms with Crippen LogP contribution in [0.4, 0.5) is 4.39 Å². The van der Waals surface area contributed by atoms with Crippen LogP contribution in [0.3, 0.4) is 0 Å². The Morgan fingerprint density at radius 3 is 2.12 bits per heavy atom. The molecule has 4 nitrogen and oxygen atoms in total. The number of halogens is 2. The second-order valence-corrected chi connectivity index (χ2v) is 5.96. The Bertz CT molecular complexity index is 586. The largest absolute Gasteiger partial charge is 0.329 e. The third-order valence-electron chi connectivity index (χ3n) is 4.24. The van der Waals surface area contributed by atoms with Crippen LogP contribution in [0.5, 0.6) is 0 Å². The van der Waals surface area contributed by atoms with Crippen molar-refractivity contribution in [3.05, 3.63) is 31.8 Å². The molecule has 1 aromatic rings. The van der Waals surface area contributed by atoms with Crippen LogP contribution >= 0.6 is 11.6 Å². The van der Waals surface area contributed by atoms with E-state index in [0.717, 1.165) is 4.57 Å². The van der Waals surface area contributed by atoms with Crippen molar-refractivity contribution in [1.82, 2.24) is 9.55 Å². The summed E-state index contributed by atoms with van der Waals surface area (Å²) in [6.45, 7) is 7.76. The number of aromatic nitrogens is 2. The Hall–Kier alpha value is -1.10. The summed E-state index contributed by atoms with van der Waals surface area (Å²) >= 11 is 5.41. The molecule has 1 heterocycles. The molecule has 0 spiro atoms. The van der Waals surface area contributed by atoms with Gasteiger partial charge in [-0.2, -0.15) is 4.39 Å². The molecule has 94 valence electrons. The third-order valence-corrected chi connectivity index (χ3v) is 4.50. The molecular weight excluding hydrogens is 247 g/mol. The number of H-pyrrole nitrogens is 1. The van der Waals surface area contributed by atoms with Crippen LogP contribution in [-0.2, 0) is 0 Å². The first-order valence-electron chi connectivity index (χ1n) is 5.32. The first-order chi connectivity index (χ1) is 7.62. The molecule has 0 bridgehead atoms. The van der Waals surface area contributed by atoms with Gasteiger partial charge in [-0.25, -0.2) is 4.79 Å². The van der Waals surface area contributed by atoms with Crippen molar-refractivity contribution >= 4 is 11.6 Å². The number of nitrogens with zero attached hydrogens (tertiary/aromatic N) is 1. The van der Waals surface area contributed by atoms with Gasteiger partial charge in [0.1, 0.15) is 0 Å². The summed E-state index contributed by atoms with van der Waals surface area (Å²) in [7, 11) is 0. The highest BCUT2D eigenvalue weighted by Gasteiger charge is 2.67. The van der Waals surface area contributed by atoms with Crippen molar-refractivity contribution in [1.29, 1.82) is 0 Å². The summed E-state index contributed by atoms with van der Waals surface area (Å²) in [5.74, 6) is -1.11. The minimum Gasteiger partial charge on any atom is -0.295 e. The summed E-state index contributed by atoms with van der Waals surface area (Å²) in [6.07, 6.45) is 0. The molecular formula is C11H14ClFN2O2. The zero-order valence-electron chi connectivity index (χ0n) is 10.1. The minimum atomic E-state index is -1.11. The monoisotopic (exact) mass is 260 g/mol. The molecule has 1 fully saturated rings. The lowest BCUT2D eigenvalue weighted by Crippen LogP contribution is -2.38. The van der Waals surface area contributed by atoms with Crippen molar-refractivity contribution in [2.45, 2.75) is 33.7 Å². The molecule has 0 radical (unpaired) electrons. The van der Waals surface area contributed by atoms with E-state index in [9.17, 15) is 14.0 Å². The van der Waals surface area contributed by atoms with E-state index in [4.69, 9.17) is 11.6 Å². The maximum atomic E-state index is 13.4. The molecule has 0 amide bonds. The Morgan fingerprint density at radius 1 is 1.24 bits per heavy atom. The lowest BCUT2D eigenvalue weighted by atomic mass is 10.0. The van der Waals surface area contributed by atoms with Crippen LogP contribution in [0.2, 0.25) is 5.15 Å². The lowest BCUT2D eigenvalue weighted by molar-refractivity contribution is 0.457. The Kier molecular flexibility index (Phi) is 2.34. The smallest absolute Gasteiger partial charge is 0.295 e. The molecule has 6 heteroatoms. The number of rotatable bonds is 1. The average molecular weight is 261 g/mol. The molecule has 1 aromatic heterocycles. The van der Waals surface area contributed by atoms with Gasteiger partial charge in [0.2, 0.25) is 5.82 Å².